The largest absolute Gasteiger partial charge is 0.481 e. The zero-order valence-corrected chi connectivity index (χ0v) is 8.20. The van der Waals surface area contributed by atoms with Crippen molar-refractivity contribution in [1.82, 2.24) is 0 Å². The molecule has 0 aliphatic heterocycles. The van der Waals surface area contributed by atoms with E-state index in [1.54, 1.807) is 0 Å². The Hall–Kier alpha value is -1.05. The summed E-state index contributed by atoms with van der Waals surface area (Å²) in [6.45, 7) is 2.11. The van der Waals surface area contributed by atoms with E-state index < -0.39 is 5.97 Å². The molecule has 0 aromatic heterocycles. The van der Waals surface area contributed by atoms with Crippen molar-refractivity contribution in [2.24, 2.45) is 0 Å². The SMILES string of the molecule is CC/C=C\CC/C=C/CCC(=O)O. The van der Waals surface area contributed by atoms with E-state index in [1.807, 2.05) is 12.2 Å². The molecule has 13 heavy (non-hydrogen) atoms. The highest BCUT2D eigenvalue weighted by Gasteiger charge is 1.90. The van der Waals surface area contributed by atoms with Crippen molar-refractivity contribution in [3.8, 4) is 0 Å². The lowest BCUT2D eigenvalue weighted by Crippen LogP contribution is -1.91. The maximum atomic E-state index is 10.1. The summed E-state index contributed by atoms with van der Waals surface area (Å²) in [5.74, 6) is -0.726. The Labute approximate surface area is 80.0 Å². The molecule has 0 fully saturated rings. The number of hydrogen-bond acceptors (Lipinski definition) is 1. The van der Waals surface area contributed by atoms with Crippen LogP contribution in [0.15, 0.2) is 24.3 Å². The molecule has 0 spiro atoms. The van der Waals surface area contributed by atoms with Crippen molar-refractivity contribution in [2.75, 3.05) is 0 Å². The Morgan fingerprint density at radius 1 is 1.08 bits per heavy atom. The monoisotopic (exact) mass is 182 g/mol. The first-order valence-corrected chi connectivity index (χ1v) is 4.79. The summed E-state index contributed by atoms with van der Waals surface area (Å²) in [7, 11) is 0. The molecule has 0 bridgehead atoms. The number of hydrogen-bond donors (Lipinski definition) is 1. The average Bonchev–Trinajstić information content (AvgIpc) is 2.09. The van der Waals surface area contributed by atoms with Gasteiger partial charge in [0, 0.05) is 6.42 Å². The van der Waals surface area contributed by atoms with Crippen LogP contribution in [0.1, 0.15) is 39.0 Å². The van der Waals surface area contributed by atoms with Crippen molar-refractivity contribution < 1.29 is 9.90 Å². The third-order valence-electron chi connectivity index (χ3n) is 1.59. The van der Waals surface area contributed by atoms with Gasteiger partial charge >= 0.3 is 5.97 Å². The quantitative estimate of drug-likeness (QED) is 0.485. The van der Waals surface area contributed by atoms with Crippen LogP contribution in [0.4, 0.5) is 0 Å². The summed E-state index contributed by atoms with van der Waals surface area (Å²) in [6.07, 6.45) is 12.3. The maximum Gasteiger partial charge on any atom is 0.303 e. The second kappa shape index (κ2) is 9.04. The second-order valence-corrected chi connectivity index (χ2v) is 2.86. The minimum atomic E-state index is -0.726. The lowest BCUT2D eigenvalue weighted by atomic mass is 10.2. The van der Waals surface area contributed by atoms with E-state index in [9.17, 15) is 4.79 Å². The lowest BCUT2D eigenvalue weighted by Gasteiger charge is -1.88. The molecule has 0 unspecified atom stereocenters. The number of allylic oxidation sites excluding steroid dienone is 4. The standard InChI is InChI=1S/C11H18O2/c1-2-3-4-5-6-7-8-9-10-11(12)13/h3-4,7-8H,2,5-6,9-10H2,1H3,(H,12,13)/b4-3-,8-7+. The second-order valence-electron chi connectivity index (χ2n) is 2.86. The first-order valence-electron chi connectivity index (χ1n) is 4.79. The van der Waals surface area contributed by atoms with Crippen LogP contribution in [0.2, 0.25) is 0 Å². The Bertz CT molecular complexity index is 181. The van der Waals surface area contributed by atoms with Crippen LogP contribution in [0.3, 0.4) is 0 Å². The molecular formula is C11H18O2. The number of carboxylic acid groups (broad SMARTS) is 1. The highest BCUT2D eigenvalue weighted by atomic mass is 16.4. The predicted octanol–water partition coefficient (Wildman–Crippen LogP) is 3.15. The van der Waals surface area contributed by atoms with Crippen molar-refractivity contribution in [2.45, 2.75) is 39.0 Å². The van der Waals surface area contributed by atoms with Gasteiger partial charge < -0.3 is 5.11 Å². The average molecular weight is 182 g/mol. The van der Waals surface area contributed by atoms with Gasteiger partial charge in [-0.05, 0) is 25.7 Å². The highest BCUT2D eigenvalue weighted by Crippen LogP contribution is 1.97. The lowest BCUT2D eigenvalue weighted by molar-refractivity contribution is -0.136. The Morgan fingerprint density at radius 2 is 1.62 bits per heavy atom. The molecule has 0 rings (SSSR count). The molecule has 2 heteroatoms. The summed E-state index contributed by atoms with van der Waals surface area (Å²) in [5, 5.41) is 8.34. The van der Waals surface area contributed by atoms with Crippen LogP contribution >= 0.6 is 0 Å². The van der Waals surface area contributed by atoms with Crippen LogP contribution in [-0.2, 0) is 4.79 Å². The molecule has 0 saturated heterocycles. The zero-order valence-electron chi connectivity index (χ0n) is 8.20. The van der Waals surface area contributed by atoms with Crippen LogP contribution in [-0.4, -0.2) is 11.1 Å². The van der Waals surface area contributed by atoms with Gasteiger partial charge in [-0.15, -0.1) is 0 Å². The molecule has 0 atom stereocenters. The molecule has 0 aliphatic carbocycles. The van der Waals surface area contributed by atoms with E-state index >= 15 is 0 Å². The van der Waals surface area contributed by atoms with Crippen molar-refractivity contribution in [1.29, 1.82) is 0 Å². The molecular weight excluding hydrogens is 164 g/mol. The molecule has 1 N–H and O–H groups in total. The molecule has 0 saturated carbocycles. The Kier molecular flexibility index (Phi) is 8.31. The van der Waals surface area contributed by atoms with E-state index in [4.69, 9.17) is 5.11 Å². The number of unbranched alkanes of at least 4 members (excludes halogenated alkanes) is 1. The molecule has 0 radical (unpaired) electrons. The van der Waals surface area contributed by atoms with Crippen molar-refractivity contribution >= 4 is 5.97 Å². The molecule has 2 nitrogen and oxygen atoms in total. The third-order valence-corrected chi connectivity index (χ3v) is 1.59. The van der Waals surface area contributed by atoms with E-state index in [2.05, 4.69) is 19.1 Å². The number of carbonyl (C=O) groups is 1. The Morgan fingerprint density at radius 3 is 2.15 bits per heavy atom. The van der Waals surface area contributed by atoms with Gasteiger partial charge in [0.25, 0.3) is 0 Å². The minimum Gasteiger partial charge on any atom is -0.481 e. The van der Waals surface area contributed by atoms with Crippen LogP contribution in [0.25, 0.3) is 0 Å². The van der Waals surface area contributed by atoms with E-state index in [-0.39, 0.29) is 6.42 Å². The number of aliphatic carboxylic acids is 1. The van der Waals surface area contributed by atoms with Crippen LogP contribution in [0, 0.1) is 0 Å². The van der Waals surface area contributed by atoms with Gasteiger partial charge in [0.2, 0.25) is 0 Å². The maximum absolute atomic E-state index is 10.1. The van der Waals surface area contributed by atoms with Crippen LogP contribution < -0.4 is 0 Å². The van der Waals surface area contributed by atoms with Gasteiger partial charge in [-0.1, -0.05) is 31.2 Å². The van der Waals surface area contributed by atoms with E-state index in [0.717, 1.165) is 19.3 Å². The molecule has 0 aromatic carbocycles. The Balaban J connectivity index is 3.22. The van der Waals surface area contributed by atoms with Gasteiger partial charge in [-0.25, -0.2) is 0 Å². The molecule has 74 valence electrons. The van der Waals surface area contributed by atoms with Gasteiger partial charge in [-0.3, -0.25) is 4.79 Å². The van der Waals surface area contributed by atoms with Gasteiger partial charge in [-0.2, -0.15) is 0 Å². The zero-order chi connectivity index (χ0) is 9.94. The molecule has 0 aliphatic rings. The normalized spacial score (nSPS) is 11.5. The van der Waals surface area contributed by atoms with E-state index in [1.165, 1.54) is 0 Å². The summed E-state index contributed by atoms with van der Waals surface area (Å²) in [5.41, 5.74) is 0. The highest BCUT2D eigenvalue weighted by molar-refractivity contribution is 5.66. The molecule has 0 heterocycles. The number of carboxylic acids is 1. The summed E-state index contributed by atoms with van der Waals surface area (Å²) < 4.78 is 0. The number of rotatable bonds is 7. The molecule has 0 aromatic rings. The van der Waals surface area contributed by atoms with Crippen LogP contribution in [0.5, 0.6) is 0 Å². The first kappa shape index (κ1) is 11.9. The van der Waals surface area contributed by atoms with Crippen molar-refractivity contribution in [3.63, 3.8) is 0 Å². The third kappa shape index (κ3) is 10.9. The predicted molar refractivity (Wildman–Crippen MR) is 54.7 cm³/mol. The summed E-state index contributed by atoms with van der Waals surface area (Å²) >= 11 is 0. The molecule has 0 amide bonds. The van der Waals surface area contributed by atoms with Gasteiger partial charge in [0.1, 0.15) is 0 Å². The van der Waals surface area contributed by atoms with Gasteiger partial charge in [0.05, 0.1) is 0 Å². The van der Waals surface area contributed by atoms with Crippen molar-refractivity contribution in [3.05, 3.63) is 24.3 Å². The summed E-state index contributed by atoms with van der Waals surface area (Å²) in [6, 6.07) is 0. The first-order chi connectivity index (χ1) is 6.27. The smallest absolute Gasteiger partial charge is 0.303 e. The van der Waals surface area contributed by atoms with Gasteiger partial charge in [0.15, 0.2) is 0 Å². The van der Waals surface area contributed by atoms with E-state index in [0.29, 0.717) is 6.42 Å². The topological polar surface area (TPSA) is 37.3 Å². The fourth-order valence-electron chi connectivity index (χ4n) is 0.919. The fourth-order valence-corrected chi connectivity index (χ4v) is 0.919. The fraction of sp³-hybridized carbons (Fsp3) is 0.545. The minimum absolute atomic E-state index is 0.237. The summed E-state index contributed by atoms with van der Waals surface area (Å²) in [4.78, 5) is 10.1.